The lowest BCUT2D eigenvalue weighted by Gasteiger charge is -2.10. The molecule has 3 rings (SSSR count). The van der Waals surface area contributed by atoms with Crippen LogP contribution in [0, 0.1) is 6.92 Å². The third-order valence-corrected chi connectivity index (χ3v) is 4.35. The minimum Gasteiger partial charge on any atom is -0.376 e. The van der Waals surface area contributed by atoms with Gasteiger partial charge in [-0.25, -0.2) is 0 Å². The minimum atomic E-state index is -0.560. The molecule has 1 atom stereocenters. The van der Waals surface area contributed by atoms with Crippen molar-refractivity contribution in [3.05, 3.63) is 35.5 Å². The molecule has 116 valence electrons. The molecule has 1 aliphatic heterocycles. The van der Waals surface area contributed by atoms with Gasteiger partial charge in [0.15, 0.2) is 0 Å². The Kier molecular flexibility index (Phi) is 3.98. The van der Waals surface area contributed by atoms with Gasteiger partial charge in [-0.15, -0.1) is 0 Å². The normalized spacial score (nSPS) is 17.8. The highest BCUT2D eigenvalue weighted by Gasteiger charge is 2.25. The van der Waals surface area contributed by atoms with Crippen molar-refractivity contribution in [2.24, 2.45) is 7.05 Å². The number of ketones is 1. The van der Waals surface area contributed by atoms with Gasteiger partial charge in [0, 0.05) is 36.8 Å². The van der Waals surface area contributed by atoms with Gasteiger partial charge in [0.1, 0.15) is 0 Å². The van der Waals surface area contributed by atoms with E-state index in [0.29, 0.717) is 12.1 Å². The quantitative estimate of drug-likeness (QED) is 0.693. The third-order valence-electron chi connectivity index (χ3n) is 4.35. The molecule has 1 aromatic heterocycles. The number of rotatable bonds is 4. The Bertz CT molecular complexity index is 727. The van der Waals surface area contributed by atoms with Gasteiger partial charge in [0.05, 0.1) is 11.7 Å². The highest BCUT2D eigenvalue weighted by molar-refractivity contribution is 6.45. The zero-order valence-corrected chi connectivity index (χ0v) is 12.9. The SMILES string of the molecule is Cc1c(C(=O)C(=O)NC[C@H]2CCCO2)c2ccccc2n1C. The molecule has 5 nitrogen and oxygen atoms in total. The number of ether oxygens (including phenoxy) is 1. The number of amides is 1. The lowest BCUT2D eigenvalue weighted by molar-refractivity contribution is -0.117. The van der Waals surface area contributed by atoms with E-state index >= 15 is 0 Å². The first-order chi connectivity index (χ1) is 10.6. The van der Waals surface area contributed by atoms with Gasteiger partial charge >= 0.3 is 0 Å². The highest BCUT2D eigenvalue weighted by Crippen LogP contribution is 2.25. The van der Waals surface area contributed by atoms with E-state index in [1.165, 1.54) is 0 Å². The van der Waals surface area contributed by atoms with Gasteiger partial charge in [-0.2, -0.15) is 0 Å². The van der Waals surface area contributed by atoms with Crippen LogP contribution < -0.4 is 5.32 Å². The summed E-state index contributed by atoms with van der Waals surface area (Å²) < 4.78 is 7.40. The molecule has 0 saturated carbocycles. The molecular weight excluding hydrogens is 280 g/mol. The second-order valence-electron chi connectivity index (χ2n) is 5.71. The number of benzene rings is 1. The van der Waals surface area contributed by atoms with E-state index in [1.54, 1.807) is 0 Å². The van der Waals surface area contributed by atoms with Crippen molar-refractivity contribution >= 4 is 22.6 Å². The van der Waals surface area contributed by atoms with Crippen LogP contribution in [0.1, 0.15) is 28.9 Å². The van der Waals surface area contributed by atoms with Crippen LogP contribution in [0.4, 0.5) is 0 Å². The first kappa shape index (κ1) is 14.8. The van der Waals surface area contributed by atoms with Crippen molar-refractivity contribution in [3.63, 3.8) is 0 Å². The predicted molar refractivity (Wildman–Crippen MR) is 84.0 cm³/mol. The molecule has 0 aliphatic carbocycles. The van der Waals surface area contributed by atoms with Crippen LogP contribution in [0.2, 0.25) is 0 Å². The monoisotopic (exact) mass is 300 g/mol. The first-order valence-corrected chi connectivity index (χ1v) is 7.57. The third kappa shape index (κ3) is 2.52. The summed E-state index contributed by atoms with van der Waals surface area (Å²) in [6.45, 7) is 2.99. The highest BCUT2D eigenvalue weighted by atomic mass is 16.5. The van der Waals surface area contributed by atoms with Crippen LogP contribution in [0.25, 0.3) is 10.9 Å². The molecule has 2 aromatic rings. The van der Waals surface area contributed by atoms with Gasteiger partial charge < -0.3 is 14.6 Å². The maximum absolute atomic E-state index is 12.5. The summed E-state index contributed by atoms with van der Waals surface area (Å²) in [7, 11) is 1.90. The Hall–Kier alpha value is -2.14. The maximum atomic E-state index is 12.5. The fraction of sp³-hybridized carbons (Fsp3) is 0.412. The van der Waals surface area contributed by atoms with E-state index < -0.39 is 11.7 Å². The van der Waals surface area contributed by atoms with E-state index in [4.69, 9.17) is 4.74 Å². The van der Waals surface area contributed by atoms with Crippen LogP contribution in [0.15, 0.2) is 24.3 Å². The Morgan fingerprint density at radius 3 is 2.86 bits per heavy atom. The van der Waals surface area contributed by atoms with E-state index in [0.717, 1.165) is 36.0 Å². The van der Waals surface area contributed by atoms with Crippen molar-refractivity contribution in [1.29, 1.82) is 0 Å². The molecule has 5 heteroatoms. The molecular formula is C17H20N2O3. The first-order valence-electron chi connectivity index (χ1n) is 7.57. The van der Waals surface area contributed by atoms with E-state index in [9.17, 15) is 9.59 Å². The fourth-order valence-electron chi connectivity index (χ4n) is 3.01. The number of carbonyl (C=O) groups excluding carboxylic acids is 2. The number of aromatic nitrogens is 1. The zero-order chi connectivity index (χ0) is 15.7. The standard InChI is InChI=1S/C17H20N2O3/c1-11-15(13-7-3-4-8-14(13)19(11)2)16(20)17(21)18-10-12-6-5-9-22-12/h3-4,7-8,12H,5-6,9-10H2,1-2H3,(H,18,21)/t12-/m1/s1. The largest absolute Gasteiger partial charge is 0.376 e. The minimum absolute atomic E-state index is 0.0327. The lowest BCUT2D eigenvalue weighted by atomic mass is 10.1. The molecule has 1 amide bonds. The number of aryl methyl sites for hydroxylation is 1. The van der Waals surface area contributed by atoms with Crippen molar-refractivity contribution in [2.45, 2.75) is 25.9 Å². The summed E-state index contributed by atoms with van der Waals surface area (Å²) in [6.07, 6.45) is 1.98. The number of nitrogens with zero attached hydrogens (tertiary/aromatic N) is 1. The van der Waals surface area contributed by atoms with Crippen molar-refractivity contribution < 1.29 is 14.3 Å². The van der Waals surface area contributed by atoms with Crippen LogP contribution in [-0.4, -0.2) is 35.5 Å². The molecule has 22 heavy (non-hydrogen) atoms. The van der Waals surface area contributed by atoms with E-state index in [2.05, 4.69) is 5.32 Å². The van der Waals surface area contributed by atoms with Crippen LogP contribution in [0.3, 0.4) is 0 Å². The fourth-order valence-corrected chi connectivity index (χ4v) is 3.01. The number of fused-ring (bicyclic) bond motifs is 1. The predicted octanol–water partition coefficient (Wildman–Crippen LogP) is 1.96. The molecule has 0 unspecified atom stereocenters. The average Bonchev–Trinajstić information content (AvgIpc) is 3.13. The summed E-state index contributed by atoms with van der Waals surface area (Å²) >= 11 is 0. The van der Waals surface area contributed by atoms with E-state index in [1.807, 2.05) is 42.8 Å². The Morgan fingerprint density at radius 1 is 1.36 bits per heavy atom. The van der Waals surface area contributed by atoms with Gasteiger partial charge in [0.25, 0.3) is 11.7 Å². The molecule has 2 heterocycles. The number of hydrogen-bond acceptors (Lipinski definition) is 3. The van der Waals surface area contributed by atoms with Crippen LogP contribution >= 0.6 is 0 Å². The maximum Gasteiger partial charge on any atom is 0.292 e. The summed E-state index contributed by atoms with van der Waals surface area (Å²) in [5.41, 5.74) is 2.25. The number of hydrogen-bond donors (Lipinski definition) is 1. The summed E-state index contributed by atoms with van der Waals surface area (Å²) in [6, 6.07) is 7.63. The number of para-hydroxylation sites is 1. The van der Waals surface area contributed by atoms with Crippen LogP contribution in [-0.2, 0) is 16.6 Å². The second kappa shape index (κ2) is 5.93. The van der Waals surface area contributed by atoms with Gasteiger partial charge in [-0.3, -0.25) is 9.59 Å². The van der Waals surface area contributed by atoms with Crippen molar-refractivity contribution in [2.75, 3.05) is 13.2 Å². The second-order valence-corrected chi connectivity index (χ2v) is 5.71. The number of carbonyl (C=O) groups is 2. The lowest BCUT2D eigenvalue weighted by Crippen LogP contribution is -2.36. The molecule has 0 bridgehead atoms. The number of Topliss-reactive ketones (excluding diaryl/α,β-unsaturated/α-hetero) is 1. The Morgan fingerprint density at radius 2 is 2.14 bits per heavy atom. The molecule has 1 saturated heterocycles. The van der Waals surface area contributed by atoms with Gasteiger partial charge in [-0.1, -0.05) is 18.2 Å². The summed E-state index contributed by atoms with van der Waals surface area (Å²) in [5.74, 6) is -1.04. The smallest absolute Gasteiger partial charge is 0.292 e. The summed E-state index contributed by atoms with van der Waals surface area (Å²) in [4.78, 5) is 24.7. The molecule has 0 spiro atoms. The molecule has 1 fully saturated rings. The Balaban J connectivity index is 1.82. The average molecular weight is 300 g/mol. The van der Waals surface area contributed by atoms with E-state index in [-0.39, 0.29) is 6.10 Å². The molecule has 1 aromatic carbocycles. The molecule has 0 radical (unpaired) electrons. The van der Waals surface area contributed by atoms with Crippen molar-refractivity contribution in [1.82, 2.24) is 9.88 Å². The topological polar surface area (TPSA) is 60.3 Å². The summed E-state index contributed by atoms with van der Waals surface area (Å²) in [5, 5.41) is 3.52. The number of nitrogens with one attached hydrogen (secondary N) is 1. The zero-order valence-electron chi connectivity index (χ0n) is 12.9. The van der Waals surface area contributed by atoms with Gasteiger partial charge in [-0.05, 0) is 25.8 Å². The Labute approximate surface area is 129 Å². The van der Waals surface area contributed by atoms with Crippen LogP contribution in [0.5, 0.6) is 0 Å². The van der Waals surface area contributed by atoms with Crippen molar-refractivity contribution in [3.8, 4) is 0 Å². The van der Waals surface area contributed by atoms with Gasteiger partial charge in [0.2, 0.25) is 0 Å². The molecule has 1 aliphatic rings. The molecule has 1 N–H and O–H groups in total.